The highest BCUT2D eigenvalue weighted by atomic mass is 16.5. The first kappa shape index (κ1) is 13.9. The van der Waals surface area contributed by atoms with Crippen molar-refractivity contribution in [1.29, 1.82) is 0 Å². The van der Waals surface area contributed by atoms with Gasteiger partial charge in [-0.1, -0.05) is 55.5 Å². The van der Waals surface area contributed by atoms with E-state index in [9.17, 15) is 9.90 Å². The molecule has 0 aliphatic carbocycles. The van der Waals surface area contributed by atoms with E-state index in [2.05, 4.69) is 0 Å². The van der Waals surface area contributed by atoms with Crippen LogP contribution in [-0.4, -0.2) is 11.1 Å². The molecule has 3 nitrogen and oxygen atoms in total. The first-order valence-corrected chi connectivity index (χ1v) is 6.47. The molecule has 2 aromatic rings. The summed E-state index contributed by atoms with van der Waals surface area (Å²) in [6.07, 6.45) is 0.582. The molecule has 20 heavy (non-hydrogen) atoms. The van der Waals surface area contributed by atoms with E-state index < -0.39 is 5.97 Å². The van der Waals surface area contributed by atoms with Gasteiger partial charge in [-0.25, -0.2) is 4.79 Å². The number of aliphatic carboxylic acids is 1. The number of carboxylic acid groups (broad SMARTS) is 1. The van der Waals surface area contributed by atoms with Crippen molar-refractivity contribution in [2.45, 2.75) is 13.3 Å². The van der Waals surface area contributed by atoms with Crippen molar-refractivity contribution in [3.05, 3.63) is 72.0 Å². The van der Waals surface area contributed by atoms with Gasteiger partial charge in [0, 0.05) is 5.57 Å². The molecule has 1 N–H and O–H groups in total. The van der Waals surface area contributed by atoms with E-state index in [-0.39, 0.29) is 5.76 Å². The van der Waals surface area contributed by atoms with Crippen LogP contribution in [-0.2, 0) is 4.79 Å². The number of benzene rings is 2. The zero-order valence-corrected chi connectivity index (χ0v) is 11.2. The highest BCUT2D eigenvalue weighted by molar-refractivity contribution is 5.94. The molecular formula is C17H16O3. The van der Waals surface area contributed by atoms with Gasteiger partial charge in [-0.3, -0.25) is 0 Å². The largest absolute Gasteiger partial charge is 0.475 e. The van der Waals surface area contributed by atoms with Gasteiger partial charge in [0.05, 0.1) is 0 Å². The molecule has 3 heteroatoms. The van der Waals surface area contributed by atoms with E-state index in [1.54, 1.807) is 12.1 Å². The standard InChI is InChI=1S/C17H16O3/c1-2-15(13-9-5-3-6-10-13)16(17(18)19)20-14-11-7-4-8-12-14/h3-12H,2H2,1H3,(H,18,19). The van der Waals surface area contributed by atoms with Crippen molar-refractivity contribution < 1.29 is 14.6 Å². The number of carboxylic acids is 1. The fourth-order valence-corrected chi connectivity index (χ4v) is 1.98. The Bertz CT molecular complexity index is 601. The van der Waals surface area contributed by atoms with E-state index >= 15 is 0 Å². The molecule has 102 valence electrons. The Hall–Kier alpha value is -2.55. The lowest BCUT2D eigenvalue weighted by Crippen LogP contribution is -2.11. The average molecular weight is 268 g/mol. The maximum absolute atomic E-state index is 11.5. The normalized spacial score (nSPS) is 11.7. The molecule has 0 atom stereocenters. The molecule has 0 saturated heterocycles. The van der Waals surface area contributed by atoms with Gasteiger partial charge in [-0.05, 0) is 24.1 Å². The molecule has 0 aromatic heterocycles. The lowest BCUT2D eigenvalue weighted by Gasteiger charge is -2.12. The van der Waals surface area contributed by atoms with Gasteiger partial charge >= 0.3 is 5.97 Å². The van der Waals surface area contributed by atoms with Gasteiger partial charge in [0.15, 0.2) is 0 Å². The Morgan fingerprint density at radius 3 is 2.05 bits per heavy atom. The molecule has 0 saturated carbocycles. The van der Waals surface area contributed by atoms with Gasteiger partial charge in [-0.2, -0.15) is 0 Å². The van der Waals surface area contributed by atoms with Crippen molar-refractivity contribution in [2.24, 2.45) is 0 Å². The van der Waals surface area contributed by atoms with Crippen LogP contribution in [0.15, 0.2) is 66.4 Å². The lowest BCUT2D eigenvalue weighted by atomic mass is 10.0. The van der Waals surface area contributed by atoms with Crippen molar-refractivity contribution in [2.75, 3.05) is 0 Å². The topological polar surface area (TPSA) is 46.5 Å². The van der Waals surface area contributed by atoms with Crippen molar-refractivity contribution in [1.82, 2.24) is 0 Å². The van der Waals surface area contributed by atoms with Crippen LogP contribution in [0.2, 0.25) is 0 Å². The summed E-state index contributed by atoms with van der Waals surface area (Å²) in [5.41, 5.74) is 1.55. The SMILES string of the molecule is CCC(=C(Oc1ccccc1)C(=O)O)c1ccccc1. The van der Waals surface area contributed by atoms with E-state index in [0.29, 0.717) is 17.7 Å². The van der Waals surface area contributed by atoms with E-state index in [1.165, 1.54) is 0 Å². The summed E-state index contributed by atoms with van der Waals surface area (Å²) in [6.45, 7) is 1.92. The maximum Gasteiger partial charge on any atom is 0.372 e. The second kappa shape index (κ2) is 6.57. The Balaban J connectivity index is 2.44. The third-order valence-corrected chi connectivity index (χ3v) is 2.91. The smallest absolute Gasteiger partial charge is 0.372 e. The predicted octanol–water partition coefficient (Wildman–Crippen LogP) is 3.97. The Labute approximate surface area is 118 Å². The lowest BCUT2D eigenvalue weighted by molar-refractivity contribution is -0.134. The summed E-state index contributed by atoms with van der Waals surface area (Å²) in [6, 6.07) is 18.4. The molecule has 0 bridgehead atoms. The minimum absolute atomic E-state index is 0.0232. The van der Waals surface area contributed by atoms with Crippen LogP contribution in [0.3, 0.4) is 0 Å². The van der Waals surface area contributed by atoms with Crippen LogP contribution < -0.4 is 4.74 Å². The number of hydrogen-bond donors (Lipinski definition) is 1. The zero-order valence-electron chi connectivity index (χ0n) is 11.2. The predicted molar refractivity (Wildman–Crippen MR) is 78.4 cm³/mol. The van der Waals surface area contributed by atoms with Crippen molar-refractivity contribution in [3.63, 3.8) is 0 Å². The summed E-state index contributed by atoms with van der Waals surface area (Å²) in [4.78, 5) is 11.5. The minimum Gasteiger partial charge on any atom is -0.475 e. The number of carbonyl (C=O) groups is 1. The van der Waals surface area contributed by atoms with Crippen molar-refractivity contribution >= 4 is 11.5 Å². The average Bonchev–Trinajstić information content (AvgIpc) is 2.49. The first-order chi connectivity index (χ1) is 9.72. The molecule has 0 aliphatic rings. The summed E-state index contributed by atoms with van der Waals surface area (Å²) < 4.78 is 5.56. The Kier molecular flexibility index (Phi) is 4.56. The Morgan fingerprint density at radius 1 is 1.00 bits per heavy atom. The van der Waals surface area contributed by atoms with Gasteiger partial charge < -0.3 is 9.84 Å². The number of para-hydroxylation sites is 1. The zero-order chi connectivity index (χ0) is 14.4. The van der Waals surface area contributed by atoms with Crippen LogP contribution in [0, 0.1) is 0 Å². The molecule has 2 aromatic carbocycles. The summed E-state index contributed by atoms with van der Waals surface area (Å²) >= 11 is 0. The molecule has 0 amide bonds. The second-order valence-corrected chi connectivity index (χ2v) is 4.25. The molecule has 0 heterocycles. The molecule has 0 fully saturated rings. The molecule has 0 aliphatic heterocycles. The quantitative estimate of drug-likeness (QED) is 0.659. The highest BCUT2D eigenvalue weighted by Crippen LogP contribution is 2.25. The van der Waals surface area contributed by atoms with E-state index in [4.69, 9.17) is 4.74 Å². The molecule has 2 rings (SSSR count). The first-order valence-electron chi connectivity index (χ1n) is 6.47. The number of allylic oxidation sites excluding steroid dienone is 1. The monoisotopic (exact) mass is 268 g/mol. The third-order valence-electron chi connectivity index (χ3n) is 2.91. The number of ether oxygens (including phenoxy) is 1. The van der Waals surface area contributed by atoms with Crippen molar-refractivity contribution in [3.8, 4) is 5.75 Å². The van der Waals surface area contributed by atoms with Crippen LogP contribution in [0.5, 0.6) is 5.75 Å². The maximum atomic E-state index is 11.5. The van der Waals surface area contributed by atoms with Gasteiger partial charge in [0.1, 0.15) is 5.75 Å². The number of rotatable bonds is 5. The van der Waals surface area contributed by atoms with Crippen LogP contribution in [0.4, 0.5) is 0 Å². The van der Waals surface area contributed by atoms with Gasteiger partial charge in [-0.15, -0.1) is 0 Å². The summed E-state index contributed by atoms with van der Waals surface area (Å²) in [5.74, 6) is -0.564. The van der Waals surface area contributed by atoms with Crippen LogP contribution in [0.25, 0.3) is 5.57 Å². The van der Waals surface area contributed by atoms with Crippen LogP contribution in [0.1, 0.15) is 18.9 Å². The molecule has 0 spiro atoms. The molecular weight excluding hydrogens is 252 g/mol. The fraction of sp³-hybridized carbons (Fsp3) is 0.118. The minimum atomic E-state index is -1.06. The van der Waals surface area contributed by atoms with Crippen LogP contribution >= 0.6 is 0 Å². The Morgan fingerprint density at radius 2 is 1.55 bits per heavy atom. The summed E-state index contributed by atoms with van der Waals surface area (Å²) in [7, 11) is 0. The van der Waals surface area contributed by atoms with E-state index in [1.807, 2.05) is 55.5 Å². The molecule has 0 unspecified atom stereocenters. The molecule has 0 radical (unpaired) electrons. The highest BCUT2D eigenvalue weighted by Gasteiger charge is 2.17. The van der Waals surface area contributed by atoms with E-state index in [0.717, 1.165) is 5.56 Å². The van der Waals surface area contributed by atoms with Gasteiger partial charge in [0.2, 0.25) is 5.76 Å². The second-order valence-electron chi connectivity index (χ2n) is 4.25. The number of hydrogen-bond acceptors (Lipinski definition) is 2. The third kappa shape index (κ3) is 3.26. The summed E-state index contributed by atoms with van der Waals surface area (Å²) in [5, 5.41) is 9.41. The fourth-order valence-electron chi connectivity index (χ4n) is 1.98. The van der Waals surface area contributed by atoms with Gasteiger partial charge in [0.25, 0.3) is 0 Å².